The number of halogens is 1. The second-order valence-corrected chi connectivity index (χ2v) is 4.45. The zero-order valence-corrected chi connectivity index (χ0v) is 8.19. The van der Waals surface area contributed by atoms with E-state index in [1.807, 2.05) is 6.07 Å². The van der Waals surface area contributed by atoms with Gasteiger partial charge in [-0.15, -0.1) is 11.3 Å². The number of aliphatic hydroxyl groups is 1. The van der Waals surface area contributed by atoms with Crippen LogP contribution < -0.4 is 0 Å². The smallest absolute Gasteiger partial charge is 0.124 e. The maximum Gasteiger partial charge on any atom is 0.124 e. The van der Waals surface area contributed by atoms with Crippen LogP contribution in [0.5, 0.6) is 5.75 Å². The molecule has 0 aliphatic rings. The lowest BCUT2D eigenvalue weighted by molar-refractivity contribution is 0.281. The Morgan fingerprint density at radius 2 is 2.08 bits per heavy atom. The Kier molecular flexibility index (Phi) is 2.15. The van der Waals surface area contributed by atoms with Crippen LogP contribution in [0.1, 0.15) is 5.56 Å². The Balaban J connectivity index is 2.75. The summed E-state index contributed by atoms with van der Waals surface area (Å²) in [4.78, 5) is 0. The van der Waals surface area contributed by atoms with Crippen molar-refractivity contribution >= 4 is 33.0 Å². The van der Waals surface area contributed by atoms with Gasteiger partial charge in [0.1, 0.15) is 5.75 Å². The number of rotatable bonds is 1. The summed E-state index contributed by atoms with van der Waals surface area (Å²) in [5, 5.41) is 19.2. The lowest BCUT2D eigenvalue weighted by Crippen LogP contribution is -1.80. The molecule has 4 heteroatoms. The first-order valence-electron chi connectivity index (χ1n) is 3.72. The number of hydrogen-bond acceptors (Lipinski definition) is 3. The van der Waals surface area contributed by atoms with Crippen LogP contribution in [0.15, 0.2) is 18.2 Å². The molecule has 2 N–H and O–H groups in total. The van der Waals surface area contributed by atoms with E-state index in [9.17, 15) is 5.11 Å². The van der Waals surface area contributed by atoms with Crippen LogP contribution >= 0.6 is 22.9 Å². The maximum atomic E-state index is 9.53. The average molecular weight is 215 g/mol. The highest BCUT2D eigenvalue weighted by molar-refractivity contribution is 7.22. The van der Waals surface area contributed by atoms with E-state index in [0.717, 1.165) is 10.1 Å². The van der Waals surface area contributed by atoms with Crippen molar-refractivity contribution in [3.05, 3.63) is 28.1 Å². The minimum atomic E-state index is -0.0704. The molecule has 0 unspecified atom stereocenters. The highest BCUT2D eigenvalue weighted by atomic mass is 35.5. The van der Waals surface area contributed by atoms with Crippen LogP contribution in [0.3, 0.4) is 0 Å². The summed E-state index contributed by atoms with van der Waals surface area (Å²) < 4.78 is 1.54. The van der Waals surface area contributed by atoms with Crippen molar-refractivity contribution in [2.45, 2.75) is 6.61 Å². The molecule has 0 aliphatic heterocycles. The number of fused-ring (bicyclic) bond motifs is 1. The van der Waals surface area contributed by atoms with Crippen LogP contribution in [0.25, 0.3) is 10.1 Å². The second kappa shape index (κ2) is 3.18. The number of aromatic hydroxyl groups is 1. The number of phenolic OH excluding ortho intramolecular Hbond substituents is 1. The summed E-state index contributed by atoms with van der Waals surface area (Å²) in [7, 11) is 0. The minimum Gasteiger partial charge on any atom is -0.507 e. The summed E-state index contributed by atoms with van der Waals surface area (Å²) in [5.41, 5.74) is 0.698. The van der Waals surface area contributed by atoms with Crippen LogP contribution in [-0.4, -0.2) is 10.2 Å². The summed E-state index contributed by atoms with van der Waals surface area (Å²) in [5.74, 6) is 0.171. The van der Waals surface area contributed by atoms with Gasteiger partial charge in [0.05, 0.1) is 10.9 Å². The minimum absolute atomic E-state index is 0.0704. The molecule has 0 aliphatic carbocycles. The van der Waals surface area contributed by atoms with Crippen LogP contribution in [0, 0.1) is 0 Å². The van der Waals surface area contributed by atoms with E-state index >= 15 is 0 Å². The Morgan fingerprint density at radius 3 is 2.77 bits per heavy atom. The van der Waals surface area contributed by atoms with Crippen molar-refractivity contribution in [2.75, 3.05) is 0 Å². The van der Waals surface area contributed by atoms with Crippen molar-refractivity contribution in [3.63, 3.8) is 0 Å². The molecule has 1 aromatic carbocycles. The largest absolute Gasteiger partial charge is 0.507 e. The molecule has 0 bridgehead atoms. The third-order valence-corrected chi connectivity index (χ3v) is 3.04. The van der Waals surface area contributed by atoms with Gasteiger partial charge in [0, 0.05) is 10.1 Å². The molecule has 0 saturated carbocycles. The normalized spacial score (nSPS) is 10.9. The van der Waals surface area contributed by atoms with Crippen LogP contribution in [-0.2, 0) is 6.61 Å². The van der Waals surface area contributed by atoms with Gasteiger partial charge in [0.15, 0.2) is 0 Å². The Bertz CT molecular complexity index is 450. The van der Waals surface area contributed by atoms with Crippen LogP contribution in [0.2, 0.25) is 4.34 Å². The maximum absolute atomic E-state index is 9.53. The molecule has 0 amide bonds. The van der Waals surface area contributed by atoms with Gasteiger partial charge in [-0.05, 0) is 23.8 Å². The topological polar surface area (TPSA) is 40.5 Å². The lowest BCUT2D eigenvalue weighted by atomic mass is 10.2. The van der Waals surface area contributed by atoms with Gasteiger partial charge in [-0.2, -0.15) is 0 Å². The van der Waals surface area contributed by atoms with Gasteiger partial charge in [-0.3, -0.25) is 0 Å². The summed E-state index contributed by atoms with van der Waals surface area (Å²) >= 11 is 7.19. The number of benzene rings is 1. The molecule has 0 fully saturated rings. The number of thiophene rings is 1. The van der Waals surface area contributed by atoms with Crippen molar-refractivity contribution in [1.82, 2.24) is 0 Å². The fourth-order valence-electron chi connectivity index (χ4n) is 1.24. The molecule has 2 nitrogen and oxygen atoms in total. The first-order valence-corrected chi connectivity index (χ1v) is 4.92. The average Bonchev–Trinajstić information content (AvgIpc) is 2.46. The molecular formula is C9H7ClO2S. The van der Waals surface area contributed by atoms with Crippen molar-refractivity contribution in [2.24, 2.45) is 0 Å². The number of hydrogen-bond donors (Lipinski definition) is 2. The van der Waals surface area contributed by atoms with Gasteiger partial charge in [-0.25, -0.2) is 0 Å². The highest BCUT2D eigenvalue weighted by Gasteiger charge is 2.06. The van der Waals surface area contributed by atoms with Crippen LogP contribution in [0.4, 0.5) is 0 Å². The van der Waals surface area contributed by atoms with E-state index in [0.29, 0.717) is 9.90 Å². The van der Waals surface area contributed by atoms with Gasteiger partial charge < -0.3 is 10.2 Å². The van der Waals surface area contributed by atoms with E-state index in [4.69, 9.17) is 16.7 Å². The molecule has 0 spiro atoms. The fourth-order valence-corrected chi connectivity index (χ4v) is 2.47. The molecule has 2 aromatic rings. The molecule has 68 valence electrons. The molecule has 0 atom stereocenters. The molecule has 13 heavy (non-hydrogen) atoms. The van der Waals surface area contributed by atoms with Gasteiger partial charge in [0.2, 0.25) is 0 Å². The van der Waals surface area contributed by atoms with Gasteiger partial charge in [0.25, 0.3) is 0 Å². The van der Waals surface area contributed by atoms with Gasteiger partial charge >= 0.3 is 0 Å². The van der Waals surface area contributed by atoms with E-state index in [-0.39, 0.29) is 12.4 Å². The highest BCUT2D eigenvalue weighted by Crippen LogP contribution is 2.35. The third kappa shape index (κ3) is 1.50. The second-order valence-electron chi connectivity index (χ2n) is 2.74. The first kappa shape index (κ1) is 8.81. The summed E-state index contributed by atoms with van der Waals surface area (Å²) in [6.45, 7) is -0.0704. The van der Waals surface area contributed by atoms with Crippen molar-refractivity contribution < 1.29 is 10.2 Å². The van der Waals surface area contributed by atoms with E-state index < -0.39 is 0 Å². The third-order valence-electron chi connectivity index (χ3n) is 1.83. The molecule has 0 saturated heterocycles. The zero-order chi connectivity index (χ0) is 9.42. The zero-order valence-electron chi connectivity index (χ0n) is 6.62. The first-order chi connectivity index (χ1) is 6.20. The SMILES string of the molecule is OCc1cc(O)c2cc(Cl)sc2c1. The Hall–Kier alpha value is -0.770. The quantitative estimate of drug-likeness (QED) is 0.767. The fraction of sp³-hybridized carbons (Fsp3) is 0.111. The van der Waals surface area contributed by atoms with Crippen molar-refractivity contribution in [3.8, 4) is 5.75 Å². The Morgan fingerprint density at radius 1 is 1.31 bits per heavy atom. The number of aliphatic hydroxyl groups excluding tert-OH is 1. The predicted molar refractivity (Wildman–Crippen MR) is 54.4 cm³/mol. The van der Waals surface area contributed by atoms with E-state index in [1.165, 1.54) is 11.3 Å². The van der Waals surface area contributed by atoms with E-state index in [1.54, 1.807) is 12.1 Å². The molecular weight excluding hydrogens is 208 g/mol. The Labute approximate surface area is 84.0 Å². The molecule has 1 aromatic heterocycles. The van der Waals surface area contributed by atoms with Crippen molar-refractivity contribution in [1.29, 1.82) is 0 Å². The molecule has 0 radical (unpaired) electrons. The standard InChI is InChI=1S/C9H7ClO2S/c10-9-3-6-7(12)1-5(4-11)2-8(6)13-9/h1-3,11-12H,4H2. The van der Waals surface area contributed by atoms with Gasteiger partial charge in [-0.1, -0.05) is 11.6 Å². The molecule has 2 rings (SSSR count). The summed E-state index contributed by atoms with van der Waals surface area (Å²) in [6.07, 6.45) is 0. The number of phenols is 1. The van der Waals surface area contributed by atoms with E-state index in [2.05, 4.69) is 0 Å². The monoisotopic (exact) mass is 214 g/mol. The molecule has 1 heterocycles. The predicted octanol–water partition coefficient (Wildman–Crippen LogP) is 2.75. The lowest BCUT2D eigenvalue weighted by Gasteiger charge is -1.98. The summed E-state index contributed by atoms with van der Waals surface area (Å²) in [6, 6.07) is 5.09.